The minimum atomic E-state index is -1.49. The first-order valence-electron chi connectivity index (χ1n) is 7.81. The minimum Gasteiger partial charge on any atom is -0.389 e. The Kier molecular flexibility index (Phi) is 4.55. The number of hydrogen-bond donors (Lipinski definition) is 1. The van der Waals surface area contributed by atoms with Crippen molar-refractivity contribution in [2.24, 2.45) is 0 Å². The number of rotatable bonds is 4. The van der Waals surface area contributed by atoms with Crippen LogP contribution in [0.25, 0.3) is 0 Å². The molecule has 0 amide bonds. The molecule has 0 bridgehead atoms. The molecule has 110 valence electrons. The number of hydrogen-bond acceptors (Lipinski definition) is 1. The van der Waals surface area contributed by atoms with Gasteiger partial charge >= 0.3 is 0 Å². The van der Waals surface area contributed by atoms with Crippen molar-refractivity contribution in [1.82, 2.24) is 0 Å². The van der Waals surface area contributed by atoms with Gasteiger partial charge in [0.05, 0.1) is 13.7 Å². The monoisotopic (exact) mass is 288 g/mol. The molecule has 0 heterocycles. The normalized spacial score (nSPS) is 20.4. The van der Waals surface area contributed by atoms with Crippen LogP contribution in [0.5, 0.6) is 0 Å². The van der Waals surface area contributed by atoms with E-state index >= 15 is 0 Å². The number of aliphatic hydroxyl groups is 1. The molecule has 2 heteroatoms. The van der Waals surface area contributed by atoms with Crippen LogP contribution in [0.3, 0.4) is 0 Å². The van der Waals surface area contributed by atoms with Gasteiger partial charge in [-0.25, -0.2) is 0 Å². The summed E-state index contributed by atoms with van der Waals surface area (Å²) in [5, 5.41) is 12.6. The number of benzene rings is 1. The van der Waals surface area contributed by atoms with Gasteiger partial charge in [-0.15, -0.1) is 6.58 Å². The average molecular weight is 289 g/mol. The van der Waals surface area contributed by atoms with Crippen molar-refractivity contribution in [2.75, 3.05) is 0 Å². The van der Waals surface area contributed by atoms with Crippen LogP contribution in [0, 0.1) is 0 Å². The van der Waals surface area contributed by atoms with E-state index in [1.165, 1.54) is 17.2 Å². The molecule has 1 aromatic carbocycles. The maximum Gasteiger partial charge on any atom is 0.0749 e. The summed E-state index contributed by atoms with van der Waals surface area (Å²) >= 11 is 0. The Labute approximate surface area is 124 Å². The van der Waals surface area contributed by atoms with E-state index in [1.54, 1.807) is 0 Å². The fourth-order valence-electron chi connectivity index (χ4n) is 3.37. The largest absolute Gasteiger partial charge is 0.389 e. The molecule has 0 aliphatic heterocycles. The molecule has 1 aromatic rings. The average Bonchev–Trinajstić information content (AvgIpc) is 2.39. The Morgan fingerprint density at radius 1 is 1.10 bits per heavy atom. The van der Waals surface area contributed by atoms with Crippen molar-refractivity contribution in [1.29, 1.82) is 0 Å². The molecule has 0 radical (unpaired) electrons. The van der Waals surface area contributed by atoms with Gasteiger partial charge in [-0.3, -0.25) is 0 Å². The molecule has 0 spiro atoms. The lowest BCUT2D eigenvalue weighted by atomic mass is 9.72. The van der Waals surface area contributed by atoms with Crippen molar-refractivity contribution >= 4 is 8.07 Å². The van der Waals surface area contributed by atoms with Crippen LogP contribution in [0.15, 0.2) is 42.1 Å². The van der Waals surface area contributed by atoms with E-state index in [2.05, 4.69) is 50.5 Å². The summed E-state index contributed by atoms with van der Waals surface area (Å²) in [6, 6.07) is 10.5. The molecular formula is C18H28OSi. The molecular weight excluding hydrogens is 260 g/mol. The van der Waals surface area contributed by atoms with E-state index in [0.29, 0.717) is 0 Å². The van der Waals surface area contributed by atoms with Gasteiger partial charge in [0.15, 0.2) is 0 Å². The van der Waals surface area contributed by atoms with Gasteiger partial charge < -0.3 is 5.11 Å². The maximum absolute atomic E-state index is 11.3. The summed E-state index contributed by atoms with van der Waals surface area (Å²) in [6.45, 7) is 11.4. The quantitative estimate of drug-likeness (QED) is 0.781. The second-order valence-corrected chi connectivity index (χ2v) is 12.4. The molecule has 1 saturated carbocycles. The summed E-state index contributed by atoms with van der Waals surface area (Å²) in [6.07, 6.45) is 5.35. The highest BCUT2D eigenvalue weighted by atomic mass is 28.3. The summed E-state index contributed by atoms with van der Waals surface area (Å²) in [5.41, 5.74) is 0.654. The predicted octanol–water partition coefficient (Wildman–Crippen LogP) is 4.90. The molecule has 2 rings (SSSR count). The Morgan fingerprint density at radius 3 is 2.15 bits per heavy atom. The van der Waals surface area contributed by atoms with Crippen molar-refractivity contribution < 1.29 is 5.11 Å². The van der Waals surface area contributed by atoms with Gasteiger partial charge in [-0.2, -0.15) is 0 Å². The Morgan fingerprint density at radius 2 is 1.65 bits per heavy atom. The lowest BCUT2D eigenvalue weighted by Crippen LogP contribution is -2.43. The molecule has 1 fully saturated rings. The molecule has 20 heavy (non-hydrogen) atoms. The van der Waals surface area contributed by atoms with E-state index in [0.717, 1.165) is 25.7 Å². The molecule has 1 atom stereocenters. The fraction of sp³-hybridized carbons (Fsp3) is 0.556. The molecule has 1 nitrogen and oxygen atoms in total. The molecule has 1 aliphatic carbocycles. The van der Waals surface area contributed by atoms with E-state index in [-0.39, 0.29) is 5.92 Å². The molecule has 0 aromatic heterocycles. The lowest BCUT2D eigenvalue weighted by Gasteiger charge is -2.43. The molecule has 1 N–H and O–H groups in total. The predicted molar refractivity (Wildman–Crippen MR) is 89.7 cm³/mol. The molecule has 0 saturated heterocycles. The zero-order chi connectivity index (χ0) is 14.8. The van der Waals surface area contributed by atoms with Crippen LogP contribution >= 0.6 is 0 Å². The summed E-state index contributed by atoms with van der Waals surface area (Å²) < 4.78 is 0. The zero-order valence-electron chi connectivity index (χ0n) is 13.2. The topological polar surface area (TPSA) is 20.2 Å². The maximum atomic E-state index is 11.3. The second-order valence-electron chi connectivity index (χ2n) is 7.28. The van der Waals surface area contributed by atoms with Crippen molar-refractivity contribution in [3.05, 3.63) is 47.7 Å². The van der Waals surface area contributed by atoms with E-state index < -0.39 is 13.7 Å². The van der Waals surface area contributed by atoms with Crippen LogP contribution in [-0.2, 0) is 0 Å². The first-order chi connectivity index (χ1) is 9.34. The van der Waals surface area contributed by atoms with Gasteiger partial charge in [0.2, 0.25) is 0 Å². The third-order valence-electron chi connectivity index (χ3n) is 4.70. The molecule has 1 unspecified atom stereocenters. The zero-order valence-corrected chi connectivity index (χ0v) is 14.2. The first-order valence-corrected chi connectivity index (χ1v) is 11.3. The fourth-order valence-corrected chi connectivity index (χ4v) is 4.67. The van der Waals surface area contributed by atoms with Crippen LogP contribution < -0.4 is 0 Å². The van der Waals surface area contributed by atoms with Crippen LogP contribution in [0.1, 0.15) is 43.6 Å². The summed E-state index contributed by atoms with van der Waals surface area (Å²) in [7, 11) is -1.49. The van der Waals surface area contributed by atoms with E-state index in [1.807, 2.05) is 6.07 Å². The Bertz CT molecular complexity index is 452. The van der Waals surface area contributed by atoms with Gasteiger partial charge in [0, 0.05) is 5.92 Å². The third-order valence-corrected chi connectivity index (χ3v) is 6.92. The minimum absolute atomic E-state index is 0.107. The van der Waals surface area contributed by atoms with Gasteiger partial charge in [-0.05, 0) is 18.4 Å². The Hall–Kier alpha value is -0.863. The second kappa shape index (κ2) is 5.86. The van der Waals surface area contributed by atoms with Crippen molar-refractivity contribution in [3.63, 3.8) is 0 Å². The lowest BCUT2D eigenvalue weighted by molar-refractivity contribution is -0.0105. The molecule has 1 aliphatic rings. The summed E-state index contributed by atoms with van der Waals surface area (Å²) in [4.78, 5) is 0. The van der Waals surface area contributed by atoms with Crippen LogP contribution in [0.2, 0.25) is 19.6 Å². The highest BCUT2D eigenvalue weighted by molar-refractivity contribution is 6.83. The highest BCUT2D eigenvalue weighted by Gasteiger charge is 2.42. The smallest absolute Gasteiger partial charge is 0.0749 e. The van der Waals surface area contributed by atoms with Gasteiger partial charge in [0.1, 0.15) is 0 Å². The van der Waals surface area contributed by atoms with E-state index in [9.17, 15) is 5.11 Å². The van der Waals surface area contributed by atoms with Crippen molar-refractivity contribution in [2.45, 2.75) is 63.3 Å². The van der Waals surface area contributed by atoms with Gasteiger partial charge in [-0.1, -0.05) is 74.4 Å². The summed E-state index contributed by atoms with van der Waals surface area (Å²) in [5.74, 6) is 0.107. The van der Waals surface area contributed by atoms with Gasteiger partial charge in [0.25, 0.3) is 0 Å². The first kappa shape index (κ1) is 15.5. The standard InChI is InChI=1S/C18H28OSi/c1-15(20(2,3)4)17(16-11-7-5-8-12-16)18(19)13-9-6-10-14-18/h5,7-8,11-12,17,19H,1,6,9-10,13-14H2,2-4H3. The SMILES string of the molecule is C=C(C(c1ccccc1)C1(O)CCCCC1)[Si](C)(C)C. The third kappa shape index (κ3) is 3.24. The van der Waals surface area contributed by atoms with Crippen LogP contribution in [0.4, 0.5) is 0 Å². The van der Waals surface area contributed by atoms with E-state index in [4.69, 9.17) is 0 Å². The highest BCUT2D eigenvalue weighted by Crippen LogP contribution is 2.45. The Balaban J connectivity index is 2.42. The van der Waals surface area contributed by atoms with Crippen molar-refractivity contribution in [3.8, 4) is 0 Å². The van der Waals surface area contributed by atoms with Crippen LogP contribution in [-0.4, -0.2) is 18.8 Å².